The van der Waals surface area contributed by atoms with Crippen molar-refractivity contribution in [1.82, 2.24) is 9.97 Å². The Labute approximate surface area is 158 Å². The number of phenolic OH excluding ortho intramolecular Hbond substituents is 1. The molecule has 1 unspecified atom stereocenters. The lowest BCUT2D eigenvalue weighted by Crippen LogP contribution is -2.30. The second kappa shape index (κ2) is 6.97. The average Bonchev–Trinajstić information content (AvgIpc) is 3.02. The van der Waals surface area contributed by atoms with Gasteiger partial charge in [0.05, 0.1) is 23.9 Å². The lowest BCUT2D eigenvalue weighted by Gasteiger charge is -2.21. The van der Waals surface area contributed by atoms with E-state index < -0.39 is 17.5 Å². The Morgan fingerprint density at radius 3 is 2.71 bits per heavy atom. The van der Waals surface area contributed by atoms with Gasteiger partial charge in [-0.2, -0.15) is 18.2 Å². The number of phenols is 1. The van der Waals surface area contributed by atoms with Crippen LogP contribution in [0.15, 0.2) is 28.7 Å². The molecular weight excluding hydrogens is 375 g/mol. The largest absolute Gasteiger partial charge is 0.507 e. The highest BCUT2D eigenvalue weighted by Crippen LogP contribution is 2.38. The van der Waals surface area contributed by atoms with Gasteiger partial charge < -0.3 is 19.6 Å². The molecular formula is C19H18F3N3O3. The zero-order chi connectivity index (χ0) is 19.9. The summed E-state index contributed by atoms with van der Waals surface area (Å²) in [6, 6.07) is 5.30. The van der Waals surface area contributed by atoms with Crippen LogP contribution in [-0.2, 0) is 10.9 Å². The summed E-state index contributed by atoms with van der Waals surface area (Å²) in [7, 11) is 0. The van der Waals surface area contributed by atoms with Crippen LogP contribution in [0.4, 0.5) is 19.2 Å². The molecule has 1 fully saturated rings. The number of alkyl halides is 3. The topological polar surface area (TPSA) is 80.4 Å². The monoisotopic (exact) mass is 393 g/mol. The first-order valence-corrected chi connectivity index (χ1v) is 8.84. The molecule has 2 aromatic heterocycles. The van der Waals surface area contributed by atoms with Crippen molar-refractivity contribution in [2.45, 2.75) is 32.0 Å². The molecule has 0 radical (unpaired) electrons. The molecule has 4 rings (SSSR count). The fourth-order valence-corrected chi connectivity index (χ4v) is 3.31. The van der Waals surface area contributed by atoms with Gasteiger partial charge in [-0.25, -0.2) is 4.98 Å². The van der Waals surface area contributed by atoms with E-state index in [4.69, 9.17) is 9.15 Å². The quantitative estimate of drug-likeness (QED) is 0.681. The van der Waals surface area contributed by atoms with Crippen molar-refractivity contribution in [3.05, 3.63) is 35.4 Å². The number of aromatic nitrogens is 2. The zero-order valence-corrected chi connectivity index (χ0v) is 15.0. The summed E-state index contributed by atoms with van der Waals surface area (Å²) in [4.78, 5) is 8.66. The number of nitrogens with zero attached hydrogens (tertiary/aromatic N) is 2. The van der Waals surface area contributed by atoms with E-state index in [1.165, 1.54) is 6.92 Å². The first kappa shape index (κ1) is 18.5. The Hall–Kier alpha value is -2.81. The van der Waals surface area contributed by atoms with Crippen molar-refractivity contribution in [2.24, 2.45) is 0 Å². The number of anilines is 1. The van der Waals surface area contributed by atoms with Gasteiger partial charge in [0.25, 0.3) is 6.01 Å². The average molecular weight is 393 g/mol. The van der Waals surface area contributed by atoms with Crippen LogP contribution in [0.25, 0.3) is 22.5 Å². The van der Waals surface area contributed by atoms with E-state index >= 15 is 0 Å². The van der Waals surface area contributed by atoms with E-state index in [-0.39, 0.29) is 17.2 Å². The number of ether oxygens (including phenoxy) is 1. The fraction of sp³-hybridized carbons (Fsp3) is 0.368. The summed E-state index contributed by atoms with van der Waals surface area (Å²) in [6.45, 7) is 2.80. The molecule has 6 nitrogen and oxygen atoms in total. The van der Waals surface area contributed by atoms with Crippen LogP contribution >= 0.6 is 0 Å². The van der Waals surface area contributed by atoms with Gasteiger partial charge in [0.2, 0.25) is 5.65 Å². The first-order valence-electron chi connectivity index (χ1n) is 8.84. The molecule has 148 valence electrons. The van der Waals surface area contributed by atoms with Crippen LogP contribution in [-0.4, -0.2) is 34.3 Å². The Morgan fingerprint density at radius 2 is 2.04 bits per heavy atom. The molecule has 0 bridgehead atoms. The number of aryl methyl sites for hydroxylation is 1. The Bertz CT molecular complexity index is 988. The maximum Gasteiger partial charge on any atom is 0.416 e. The minimum Gasteiger partial charge on any atom is -0.507 e. The lowest BCUT2D eigenvalue weighted by molar-refractivity contribution is -0.137. The molecule has 1 saturated heterocycles. The highest BCUT2D eigenvalue weighted by molar-refractivity contribution is 5.78. The Kier molecular flexibility index (Phi) is 4.62. The maximum atomic E-state index is 12.9. The molecule has 1 aliphatic heterocycles. The molecule has 1 aromatic carbocycles. The number of aromatic hydroxyl groups is 1. The molecule has 9 heteroatoms. The number of rotatable bonds is 3. The first-order chi connectivity index (χ1) is 13.3. The van der Waals surface area contributed by atoms with Crippen LogP contribution in [0, 0.1) is 6.92 Å². The van der Waals surface area contributed by atoms with Gasteiger partial charge in [0, 0.05) is 12.2 Å². The standard InChI is InChI=1S/C19H18F3N3O3/c1-10-7-11(19(20,21)22)8-14(26)16(10)13-4-5-15-17(24-13)25-18(28-15)23-12-3-2-6-27-9-12/h4-5,7-8,12,26H,2-3,6,9H2,1H3,(H,23,24,25). The number of benzene rings is 1. The van der Waals surface area contributed by atoms with Crippen molar-refractivity contribution in [3.63, 3.8) is 0 Å². The molecule has 2 N–H and O–H groups in total. The number of oxazole rings is 1. The zero-order valence-electron chi connectivity index (χ0n) is 15.0. The molecule has 0 aliphatic carbocycles. The maximum absolute atomic E-state index is 12.9. The third-order valence-corrected chi connectivity index (χ3v) is 4.64. The molecule has 0 amide bonds. The molecule has 3 heterocycles. The van der Waals surface area contributed by atoms with Gasteiger partial charge in [0.15, 0.2) is 5.58 Å². The van der Waals surface area contributed by atoms with Crippen LogP contribution in [0.3, 0.4) is 0 Å². The van der Waals surface area contributed by atoms with E-state index in [9.17, 15) is 18.3 Å². The number of pyridine rings is 1. The summed E-state index contributed by atoms with van der Waals surface area (Å²) < 4.78 is 49.8. The summed E-state index contributed by atoms with van der Waals surface area (Å²) in [5.74, 6) is -0.486. The third-order valence-electron chi connectivity index (χ3n) is 4.64. The lowest BCUT2D eigenvalue weighted by atomic mass is 10.0. The normalized spacial score (nSPS) is 17.8. The van der Waals surface area contributed by atoms with Crippen LogP contribution < -0.4 is 5.32 Å². The summed E-state index contributed by atoms with van der Waals surface area (Å²) in [6.07, 6.45) is -2.64. The van der Waals surface area contributed by atoms with Gasteiger partial charge in [-0.05, 0) is 49.6 Å². The molecule has 0 saturated carbocycles. The van der Waals surface area contributed by atoms with Gasteiger partial charge in [-0.3, -0.25) is 0 Å². The molecule has 3 aromatic rings. The third kappa shape index (κ3) is 3.62. The number of hydrogen-bond donors (Lipinski definition) is 2. The van der Waals surface area contributed by atoms with Crippen molar-refractivity contribution in [2.75, 3.05) is 18.5 Å². The van der Waals surface area contributed by atoms with Crippen molar-refractivity contribution < 1.29 is 27.4 Å². The molecule has 0 spiro atoms. The minimum atomic E-state index is -4.53. The molecule has 1 aliphatic rings. The number of nitrogens with one attached hydrogen (secondary N) is 1. The van der Waals surface area contributed by atoms with Gasteiger partial charge in [-0.1, -0.05) is 0 Å². The van der Waals surface area contributed by atoms with E-state index in [0.29, 0.717) is 35.6 Å². The van der Waals surface area contributed by atoms with Crippen molar-refractivity contribution >= 4 is 17.2 Å². The minimum absolute atomic E-state index is 0.0995. The summed E-state index contributed by atoms with van der Waals surface area (Å²) >= 11 is 0. The fourth-order valence-electron chi connectivity index (χ4n) is 3.31. The van der Waals surface area contributed by atoms with E-state index in [2.05, 4.69) is 15.3 Å². The van der Waals surface area contributed by atoms with Crippen molar-refractivity contribution in [3.8, 4) is 17.0 Å². The second-order valence-corrected chi connectivity index (χ2v) is 6.78. The van der Waals surface area contributed by atoms with Crippen LogP contribution in [0.2, 0.25) is 0 Å². The number of hydrogen-bond acceptors (Lipinski definition) is 6. The Morgan fingerprint density at radius 1 is 1.21 bits per heavy atom. The van der Waals surface area contributed by atoms with E-state index in [0.717, 1.165) is 25.5 Å². The predicted octanol–water partition coefficient (Wildman–Crippen LogP) is 4.51. The van der Waals surface area contributed by atoms with Crippen LogP contribution in [0.5, 0.6) is 5.75 Å². The molecule has 28 heavy (non-hydrogen) atoms. The SMILES string of the molecule is Cc1cc(C(F)(F)F)cc(O)c1-c1ccc2oc(NC3CCCOC3)nc2n1. The second-order valence-electron chi connectivity index (χ2n) is 6.78. The number of halogens is 3. The van der Waals surface area contributed by atoms with E-state index in [1.807, 2.05) is 0 Å². The predicted molar refractivity (Wildman–Crippen MR) is 96.1 cm³/mol. The Balaban J connectivity index is 1.66. The van der Waals surface area contributed by atoms with Gasteiger partial charge >= 0.3 is 6.18 Å². The van der Waals surface area contributed by atoms with Crippen LogP contribution in [0.1, 0.15) is 24.0 Å². The van der Waals surface area contributed by atoms with E-state index in [1.54, 1.807) is 12.1 Å². The summed E-state index contributed by atoms with van der Waals surface area (Å²) in [5.41, 5.74) is 0.642. The highest BCUT2D eigenvalue weighted by atomic mass is 19.4. The smallest absolute Gasteiger partial charge is 0.416 e. The molecule has 1 atom stereocenters. The summed E-state index contributed by atoms with van der Waals surface area (Å²) in [5, 5.41) is 13.3. The number of fused-ring (bicyclic) bond motifs is 1. The van der Waals surface area contributed by atoms with Crippen molar-refractivity contribution in [1.29, 1.82) is 0 Å². The van der Waals surface area contributed by atoms with Gasteiger partial charge in [0.1, 0.15) is 5.75 Å². The highest BCUT2D eigenvalue weighted by Gasteiger charge is 2.32. The van der Waals surface area contributed by atoms with Gasteiger partial charge in [-0.15, -0.1) is 0 Å².